The first-order chi connectivity index (χ1) is 4.35. The van der Waals surface area contributed by atoms with E-state index in [9.17, 15) is 0 Å². The molecule has 0 aromatic rings. The summed E-state index contributed by atoms with van der Waals surface area (Å²) in [6.07, 6.45) is 6.62. The van der Waals surface area contributed by atoms with Crippen LogP contribution in [0.25, 0.3) is 0 Å². The van der Waals surface area contributed by atoms with Crippen LogP contribution in [0.3, 0.4) is 0 Å². The Morgan fingerprint density at radius 3 is 2.67 bits per heavy atom. The normalized spacial score (nSPS) is 12.4. The Kier molecular flexibility index (Phi) is 4.79. The van der Waals surface area contributed by atoms with Crippen molar-refractivity contribution >= 4 is 6.21 Å². The third kappa shape index (κ3) is 3.71. The minimum Gasteiger partial charge on any atom is -0.297 e. The van der Waals surface area contributed by atoms with Gasteiger partial charge in [-0.05, 0) is 18.1 Å². The minimum absolute atomic E-state index is 1.02. The van der Waals surface area contributed by atoms with Crippen molar-refractivity contribution in [1.82, 2.24) is 0 Å². The summed E-state index contributed by atoms with van der Waals surface area (Å²) in [5.74, 6) is 0. The van der Waals surface area contributed by atoms with Crippen LogP contribution < -0.4 is 0 Å². The van der Waals surface area contributed by atoms with Gasteiger partial charge < -0.3 is 0 Å². The molecule has 0 heterocycles. The van der Waals surface area contributed by atoms with Crippen LogP contribution in [0.2, 0.25) is 0 Å². The van der Waals surface area contributed by atoms with Crippen molar-refractivity contribution in [2.45, 2.75) is 13.3 Å². The van der Waals surface area contributed by atoms with Crippen LogP contribution in [0.4, 0.5) is 0 Å². The van der Waals surface area contributed by atoms with Gasteiger partial charge in [0.05, 0.1) is 0 Å². The summed E-state index contributed by atoms with van der Waals surface area (Å²) < 4.78 is 0. The van der Waals surface area contributed by atoms with Gasteiger partial charge in [-0.1, -0.05) is 19.6 Å². The summed E-state index contributed by atoms with van der Waals surface area (Å²) in [6, 6.07) is 0. The molecule has 50 valence electrons. The highest BCUT2D eigenvalue weighted by atomic mass is 14.6. The molecule has 0 amide bonds. The van der Waals surface area contributed by atoms with E-state index in [1.54, 1.807) is 13.3 Å². The van der Waals surface area contributed by atoms with Gasteiger partial charge in [-0.3, -0.25) is 4.99 Å². The standard InChI is InChI=1S/C8H13N/c1-4-8(5-2)6-7-9-3/h4,6-7H,1,5H2,2-3H3/b8-6-,9-7-. The van der Waals surface area contributed by atoms with Crippen LogP contribution in [0.1, 0.15) is 13.3 Å². The fraction of sp³-hybridized carbons (Fsp3) is 0.375. The zero-order valence-electron chi connectivity index (χ0n) is 6.09. The highest BCUT2D eigenvalue weighted by Gasteiger charge is 1.80. The summed E-state index contributed by atoms with van der Waals surface area (Å²) in [5, 5.41) is 0. The van der Waals surface area contributed by atoms with E-state index < -0.39 is 0 Å². The van der Waals surface area contributed by atoms with E-state index in [2.05, 4.69) is 18.5 Å². The van der Waals surface area contributed by atoms with Crippen molar-refractivity contribution in [1.29, 1.82) is 0 Å². The fourth-order valence-corrected chi connectivity index (χ4v) is 0.501. The Labute approximate surface area is 56.8 Å². The first-order valence-electron chi connectivity index (χ1n) is 3.09. The predicted molar refractivity (Wildman–Crippen MR) is 43.0 cm³/mol. The Morgan fingerprint density at radius 1 is 1.67 bits per heavy atom. The number of nitrogens with zero attached hydrogens (tertiary/aromatic N) is 1. The Bertz CT molecular complexity index is 132. The lowest BCUT2D eigenvalue weighted by Gasteiger charge is -1.89. The number of hydrogen-bond donors (Lipinski definition) is 0. The van der Waals surface area contributed by atoms with Gasteiger partial charge in [0.25, 0.3) is 0 Å². The van der Waals surface area contributed by atoms with Crippen molar-refractivity contribution in [3.63, 3.8) is 0 Å². The molecule has 0 aliphatic heterocycles. The van der Waals surface area contributed by atoms with Crippen molar-refractivity contribution in [2.75, 3.05) is 7.05 Å². The highest BCUT2D eigenvalue weighted by molar-refractivity contribution is 5.72. The van der Waals surface area contributed by atoms with Gasteiger partial charge in [0.1, 0.15) is 0 Å². The Hall–Kier alpha value is -0.850. The summed E-state index contributed by atoms with van der Waals surface area (Å²) in [4.78, 5) is 3.82. The van der Waals surface area contributed by atoms with E-state index >= 15 is 0 Å². The quantitative estimate of drug-likeness (QED) is 0.403. The molecule has 0 aliphatic carbocycles. The largest absolute Gasteiger partial charge is 0.297 e. The SMILES string of the molecule is C=C/C(=C/C=N\C)CC. The molecule has 1 heteroatoms. The molecule has 0 aliphatic rings. The molecule has 0 radical (unpaired) electrons. The molecule has 0 saturated carbocycles. The van der Waals surface area contributed by atoms with Gasteiger partial charge in [0.2, 0.25) is 0 Å². The maximum absolute atomic E-state index is 3.82. The number of allylic oxidation sites excluding steroid dienone is 3. The first kappa shape index (κ1) is 8.15. The van der Waals surface area contributed by atoms with Gasteiger partial charge >= 0.3 is 0 Å². The Balaban J connectivity index is 3.90. The van der Waals surface area contributed by atoms with Crippen molar-refractivity contribution < 1.29 is 0 Å². The van der Waals surface area contributed by atoms with Crippen LogP contribution in [0.15, 0.2) is 29.3 Å². The van der Waals surface area contributed by atoms with E-state index in [1.807, 2.05) is 12.2 Å². The van der Waals surface area contributed by atoms with Crippen LogP contribution in [-0.2, 0) is 0 Å². The molecule has 0 unspecified atom stereocenters. The molecule has 0 spiro atoms. The molecular formula is C8H13N. The maximum atomic E-state index is 3.82. The molecule has 0 bridgehead atoms. The molecule has 0 N–H and O–H groups in total. The van der Waals surface area contributed by atoms with E-state index in [0.717, 1.165) is 6.42 Å². The second kappa shape index (κ2) is 5.29. The Morgan fingerprint density at radius 2 is 2.33 bits per heavy atom. The summed E-state index contributed by atoms with van der Waals surface area (Å²) in [6.45, 7) is 5.75. The molecule has 0 fully saturated rings. The van der Waals surface area contributed by atoms with Crippen LogP contribution in [-0.4, -0.2) is 13.3 Å². The second-order valence-electron chi connectivity index (χ2n) is 1.71. The van der Waals surface area contributed by atoms with E-state index in [4.69, 9.17) is 0 Å². The lowest BCUT2D eigenvalue weighted by Crippen LogP contribution is -1.73. The summed E-state index contributed by atoms with van der Waals surface area (Å²) in [5.41, 5.74) is 1.22. The maximum Gasteiger partial charge on any atom is 0.0277 e. The molecule has 0 aromatic carbocycles. The molecular weight excluding hydrogens is 110 g/mol. The third-order valence-corrected chi connectivity index (χ3v) is 1.11. The average Bonchev–Trinajstić information content (AvgIpc) is 1.91. The lowest BCUT2D eigenvalue weighted by atomic mass is 10.2. The highest BCUT2D eigenvalue weighted by Crippen LogP contribution is 1.98. The zero-order chi connectivity index (χ0) is 7.11. The van der Waals surface area contributed by atoms with E-state index in [1.165, 1.54) is 5.57 Å². The number of aliphatic imine (C=N–C) groups is 1. The summed E-state index contributed by atoms with van der Waals surface area (Å²) >= 11 is 0. The average molecular weight is 123 g/mol. The minimum atomic E-state index is 1.02. The van der Waals surface area contributed by atoms with Gasteiger partial charge in [-0.2, -0.15) is 0 Å². The molecule has 0 saturated heterocycles. The monoisotopic (exact) mass is 123 g/mol. The first-order valence-corrected chi connectivity index (χ1v) is 3.09. The topological polar surface area (TPSA) is 12.4 Å². The molecule has 1 nitrogen and oxygen atoms in total. The molecule has 0 rings (SSSR count). The summed E-state index contributed by atoms with van der Waals surface area (Å²) in [7, 11) is 1.76. The van der Waals surface area contributed by atoms with Crippen molar-refractivity contribution in [3.8, 4) is 0 Å². The van der Waals surface area contributed by atoms with E-state index in [0.29, 0.717) is 0 Å². The van der Waals surface area contributed by atoms with Gasteiger partial charge in [-0.15, -0.1) is 0 Å². The van der Waals surface area contributed by atoms with Crippen LogP contribution in [0, 0.1) is 0 Å². The second-order valence-corrected chi connectivity index (χ2v) is 1.71. The molecule has 0 aromatic heterocycles. The van der Waals surface area contributed by atoms with Crippen molar-refractivity contribution in [2.24, 2.45) is 4.99 Å². The van der Waals surface area contributed by atoms with Gasteiger partial charge in [0.15, 0.2) is 0 Å². The van der Waals surface area contributed by atoms with Crippen LogP contribution >= 0.6 is 0 Å². The van der Waals surface area contributed by atoms with Gasteiger partial charge in [-0.25, -0.2) is 0 Å². The third-order valence-electron chi connectivity index (χ3n) is 1.11. The van der Waals surface area contributed by atoms with Crippen LogP contribution in [0.5, 0.6) is 0 Å². The lowest BCUT2D eigenvalue weighted by molar-refractivity contribution is 1.15. The van der Waals surface area contributed by atoms with E-state index in [-0.39, 0.29) is 0 Å². The molecule has 9 heavy (non-hydrogen) atoms. The van der Waals surface area contributed by atoms with Crippen molar-refractivity contribution in [3.05, 3.63) is 24.3 Å². The number of rotatable bonds is 3. The number of hydrogen-bond acceptors (Lipinski definition) is 1. The molecule has 0 atom stereocenters. The fourth-order valence-electron chi connectivity index (χ4n) is 0.501. The zero-order valence-corrected chi connectivity index (χ0v) is 6.09. The van der Waals surface area contributed by atoms with Gasteiger partial charge in [0, 0.05) is 13.3 Å². The predicted octanol–water partition coefficient (Wildman–Crippen LogP) is 2.21. The smallest absolute Gasteiger partial charge is 0.0277 e.